The van der Waals surface area contributed by atoms with Crippen LogP contribution in [0.1, 0.15) is 61.0 Å². The van der Waals surface area contributed by atoms with E-state index in [2.05, 4.69) is 67.5 Å². The maximum atomic E-state index is 11.9. The Morgan fingerprint density at radius 1 is 1.00 bits per heavy atom. The Morgan fingerprint density at radius 2 is 1.56 bits per heavy atom. The largest absolute Gasteiger partial charge is 0.542 e. The third-order valence-corrected chi connectivity index (χ3v) is 11.5. The van der Waals surface area contributed by atoms with E-state index >= 15 is 0 Å². The van der Waals surface area contributed by atoms with Gasteiger partial charge in [-0.2, -0.15) is 0 Å². The summed E-state index contributed by atoms with van der Waals surface area (Å²) in [5.74, 6) is 0.872. The number of benzene rings is 1. The van der Waals surface area contributed by atoms with E-state index in [0.717, 1.165) is 16.7 Å². The van der Waals surface area contributed by atoms with Gasteiger partial charge in [0.15, 0.2) is 0 Å². The first-order valence-electron chi connectivity index (χ1n) is 9.97. The van der Waals surface area contributed by atoms with Crippen molar-refractivity contribution in [1.29, 1.82) is 0 Å². The number of fused-ring (bicyclic) bond motifs is 1. The van der Waals surface area contributed by atoms with Gasteiger partial charge in [0.1, 0.15) is 11.3 Å². The predicted molar refractivity (Wildman–Crippen MR) is 117 cm³/mol. The van der Waals surface area contributed by atoms with Crippen molar-refractivity contribution in [2.75, 3.05) is 0 Å². The number of hydrogen-bond donors (Lipinski definition) is 0. The highest BCUT2D eigenvalue weighted by Gasteiger charge is 2.47. The Kier molecular flexibility index (Phi) is 6.74. The summed E-state index contributed by atoms with van der Waals surface area (Å²) in [5, 5.41) is 0.935. The molecule has 0 saturated carbocycles. The van der Waals surface area contributed by atoms with Gasteiger partial charge in [0, 0.05) is 17.0 Å². The SMILES string of the molecule is CC(C)=CCc1c(O[Si](C(C)C)(C(C)C)C(C)C)ccc2ccc(=O)oc12. The Labute approximate surface area is 164 Å². The van der Waals surface area contributed by atoms with Gasteiger partial charge in [0.05, 0.1) is 0 Å². The fraction of sp³-hybridized carbons (Fsp3) is 0.522. The average molecular weight is 387 g/mol. The molecule has 3 nitrogen and oxygen atoms in total. The molecule has 27 heavy (non-hydrogen) atoms. The zero-order chi connectivity index (χ0) is 20.4. The van der Waals surface area contributed by atoms with Crippen LogP contribution in [-0.4, -0.2) is 8.32 Å². The molecule has 0 aliphatic heterocycles. The fourth-order valence-corrected chi connectivity index (χ4v) is 9.59. The van der Waals surface area contributed by atoms with Crippen LogP contribution in [0, 0.1) is 0 Å². The minimum Gasteiger partial charge on any atom is -0.542 e. The molecular formula is C23H34O3Si. The molecule has 4 heteroatoms. The maximum absolute atomic E-state index is 11.9. The molecule has 2 rings (SSSR count). The van der Waals surface area contributed by atoms with Crippen LogP contribution in [0.2, 0.25) is 16.6 Å². The van der Waals surface area contributed by atoms with Crippen LogP contribution in [0.4, 0.5) is 0 Å². The van der Waals surface area contributed by atoms with Gasteiger partial charge in [0.25, 0.3) is 8.32 Å². The van der Waals surface area contributed by atoms with Gasteiger partial charge < -0.3 is 8.84 Å². The van der Waals surface area contributed by atoms with E-state index in [4.69, 9.17) is 8.84 Å². The molecule has 1 aromatic heterocycles. The molecule has 0 radical (unpaired) electrons. The first-order chi connectivity index (χ1) is 12.6. The van der Waals surface area contributed by atoms with E-state index in [1.807, 2.05) is 12.1 Å². The van der Waals surface area contributed by atoms with Gasteiger partial charge in [-0.15, -0.1) is 0 Å². The summed E-state index contributed by atoms with van der Waals surface area (Å²) in [5.41, 5.74) is 3.98. The molecule has 0 bridgehead atoms. The molecule has 1 aromatic carbocycles. The number of allylic oxidation sites excluding steroid dienone is 2. The van der Waals surface area contributed by atoms with E-state index in [1.54, 1.807) is 0 Å². The molecule has 2 aromatic rings. The highest BCUT2D eigenvalue weighted by Crippen LogP contribution is 2.44. The van der Waals surface area contributed by atoms with Crippen LogP contribution in [0.15, 0.2) is 45.1 Å². The summed E-state index contributed by atoms with van der Waals surface area (Å²) in [6.07, 6.45) is 2.86. The highest BCUT2D eigenvalue weighted by atomic mass is 28.4. The summed E-state index contributed by atoms with van der Waals surface area (Å²) in [4.78, 5) is 11.9. The number of rotatable bonds is 7. The second kappa shape index (κ2) is 8.47. The van der Waals surface area contributed by atoms with Crippen LogP contribution in [0.3, 0.4) is 0 Å². The standard InChI is InChI=1S/C23H34O3Si/c1-15(2)9-12-20-21(13-10-19-11-14-22(24)25-23(19)20)26-27(16(3)4,17(5)6)18(7)8/h9-11,13-14,16-18H,12H2,1-8H3. The highest BCUT2D eigenvalue weighted by molar-refractivity contribution is 6.78. The first kappa shape index (κ1) is 21.5. The summed E-state index contributed by atoms with van der Waals surface area (Å²) in [6, 6.07) is 7.36. The summed E-state index contributed by atoms with van der Waals surface area (Å²) < 4.78 is 12.6. The van der Waals surface area contributed by atoms with Crippen molar-refractivity contribution in [3.8, 4) is 5.75 Å². The fourth-order valence-electron chi connectivity index (χ4n) is 4.31. The molecule has 1 heterocycles. The third kappa shape index (κ3) is 4.37. The third-order valence-electron chi connectivity index (χ3n) is 5.56. The van der Waals surface area contributed by atoms with Crippen LogP contribution in [-0.2, 0) is 6.42 Å². The van der Waals surface area contributed by atoms with Gasteiger partial charge in [-0.1, -0.05) is 53.2 Å². The molecule has 148 valence electrons. The Bertz CT molecular complexity index is 849. The topological polar surface area (TPSA) is 39.4 Å². The van der Waals surface area contributed by atoms with E-state index in [9.17, 15) is 4.79 Å². The van der Waals surface area contributed by atoms with E-state index < -0.39 is 8.32 Å². The normalized spacial score (nSPS) is 12.3. The lowest BCUT2D eigenvalue weighted by atomic mass is 10.1. The molecule has 0 unspecified atom stereocenters. The van der Waals surface area contributed by atoms with Crippen molar-refractivity contribution in [2.24, 2.45) is 0 Å². The average Bonchev–Trinajstić information content (AvgIpc) is 2.56. The molecule has 0 atom stereocenters. The summed E-state index contributed by atoms with van der Waals surface area (Å²) >= 11 is 0. The lowest BCUT2D eigenvalue weighted by molar-refractivity contribution is 0.473. The van der Waals surface area contributed by atoms with Crippen LogP contribution >= 0.6 is 0 Å². The summed E-state index contributed by atoms with van der Waals surface area (Å²) in [7, 11) is -2.10. The molecule has 0 amide bonds. The van der Waals surface area contributed by atoms with Crippen molar-refractivity contribution in [1.82, 2.24) is 0 Å². The van der Waals surface area contributed by atoms with Crippen LogP contribution in [0.5, 0.6) is 5.75 Å². The van der Waals surface area contributed by atoms with Crippen molar-refractivity contribution < 1.29 is 8.84 Å². The quantitative estimate of drug-likeness (QED) is 0.296. The molecule has 0 saturated heterocycles. The molecule has 0 aliphatic carbocycles. The van der Waals surface area contributed by atoms with Crippen LogP contribution < -0.4 is 10.1 Å². The second-order valence-electron chi connectivity index (χ2n) is 8.62. The zero-order valence-corrected chi connectivity index (χ0v) is 19.1. The Morgan fingerprint density at radius 3 is 2.07 bits per heavy atom. The molecule has 0 N–H and O–H groups in total. The molecule has 0 spiro atoms. The van der Waals surface area contributed by atoms with Crippen molar-refractivity contribution in [2.45, 2.75) is 78.4 Å². The summed E-state index contributed by atoms with van der Waals surface area (Å²) in [6.45, 7) is 17.8. The van der Waals surface area contributed by atoms with Crippen molar-refractivity contribution >= 4 is 19.3 Å². The first-order valence-corrected chi connectivity index (χ1v) is 12.1. The monoisotopic (exact) mass is 386 g/mol. The van der Waals surface area contributed by atoms with E-state index in [0.29, 0.717) is 28.6 Å². The van der Waals surface area contributed by atoms with Crippen LogP contribution in [0.25, 0.3) is 11.0 Å². The van der Waals surface area contributed by atoms with Gasteiger partial charge in [-0.25, -0.2) is 4.79 Å². The maximum Gasteiger partial charge on any atom is 0.336 e. The van der Waals surface area contributed by atoms with Crippen molar-refractivity contribution in [3.05, 3.63) is 51.9 Å². The van der Waals surface area contributed by atoms with Gasteiger partial charge in [-0.3, -0.25) is 0 Å². The lowest BCUT2D eigenvalue weighted by Gasteiger charge is -2.42. The number of hydrogen-bond acceptors (Lipinski definition) is 3. The Hall–Kier alpha value is -1.81. The molecule has 0 aliphatic rings. The van der Waals surface area contributed by atoms with Gasteiger partial charge >= 0.3 is 5.63 Å². The molecule has 0 fully saturated rings. The second-order valence-corrected chi connectivity index (χ2v) is 14.0. The van der Waals surface area contributed by atoms with Gasteiger partial charge in [0.2, 0.25) is 0 Å². The Balaban J connectivity index is 2.71. The zero-order valence-electron chi connectivity index (χ0n) is 18.1. The van der Waals surface area contributed by atoms with E-state index in [1.165, 1.54) is 11.6 Å². The molecular weight excluding hydrogens is 352 g/mol. The lowest BCUT2D eigenvalue weighted by Crippen LogP contribution is -2.50. The van der Waals surface area contributed by atoms with Gasteiger partial charge in [-0.05, 0) is 55.1 Å². The van der Waals surface area contributed by atoms with E-state index in [-0.39, 0.29) is 5.63 Å². The minimum atomic E-state index is -2.10. The minimum absolute atomic E-state index is 0.321. The smallest absolute Gasteiger partial charge is 0.336 e. The predicted octanol–water partition coefficient (Wildman–Crippen LogP) is 6.86. The van der Waals surface area contributed by atoms with Crippen molar-refractivity contribution in [3.63, 3.8) is 0 Å².